The van der Waals surface area contributed by atoms with Crippen LogP contribution in [-0.4, -0.2) is 53.6 Å². The molecule has 0 fully saturated rings. The Morgan fingerprint density at radius 2 is 1.91 bits per heavy atom. The zero-order chi connectivity index (χ0) is 25.2. The quantitative estimate of drug-likeness (QED) is 0.225. The van der Waals surface area contributed by atoms with Crippen LogP contribution >= 0.6 is 0 Å². The minimum absolute atomic E-state index is 0.235. The molecule has 0 spiro atoms. The van der Waals surface area contributed by atoms with Crippen molar-refractivity contribution in [2.45, 2.75) is 13.8 Å². The maximum absolute atomic E-state index is 12.3. The Bertz CT molecular complexity index is 1270. The van der Waals surface area contributed by atoms with Gasteiger partial charge in [0.25, 0.3) is 5.91 Å². The first kappa shape index (κ1) is 24.9. The fraction of sp³-hybridized carbons (Fsp3) is 0.217. The first-order chi connectivity index (χ1) is 16.9. The topological polar surface area (TPSA) is 157 Å². The summed E-state index contributed by atoms with van der Waals surface area (Å²) in [7, 11) is 1.47. The summed E-state index contributed by atoms with van der Waals surface area (Å²) in [5, 5.41) is 12.8. The van der Waals surface area contributed by atoms with Crippen LogP contribution < -0.4 is 25.9 Å². The maximum Gasteiger partial charge on any atom is 0.363 e. The fourth-order valence-corrected chi connectivity index (χ4v) is 2.79. The van der Waals surface area contributed by atoms with Crippen molar-refractivity contribution in [3.8, 4) is 11.5 Å². The average Bonchev–Trinajstić information content (AvgIpc) is 2.85. The van der Waals surface area contributed by atoms with Crippen LogP contribution in [0.1, 0.15) is 28.5 Å². The van der Waals surface area contributed by atoms with E-state index in [0.29, 0.717) is 34.0 Å². The number of hydrazone groups is 1. The number of ether oxygens (including phenoxy) is 3. The molecule has 0 unspecified atom stereocenters. The van der Waals surface area contributed by atoms with Crippen LogP contribution in [0.5, 0.6) is 11.5 Å². The number of amides is 1. The van der Waals surface area contributed by atoms with Gasteiger partial charge in [-0.2, -0.15) is 15.2 Å². The molecule has 3 rings (SSSR count). The van der Waals surface area contributed by atoms with Gasteiger partial charge in [-0.3, -0.25) is 10.2 Å². The average molecular weight is 480 g/mol. The fourth-order valence-electron chi connectivity index (χ4n) is 2.79. The lowest BCUT2D eigenvalue weighted by Gasteiger charge is -2.11. The van der Waals surface area contributed by atoms with Crippen molar-refractivity contribution in [3.63, 3.8) is 0 Å². The summed E-state index contributed by atoms with van der Waals surface area (Å²) in [6.07, 6.45) is 1.50. The van der Waals surface area contributed by atoms with E-state index in [0.717, 1.165) is 0 Å². The number of carbonyl (C=O) groups excluding carboxylic acids is 2. The molecule has 3 aromatic rings. The molecule has 3 N–H and O–H groups in total. The number of aromatic nitrogens is 3. The summed E-state index contributed by atoms with van der Waals surface area (Å²) in [5.41, 5.74) is 4.13. The highest BCUT2D eigenvalue weighted by Gasteiger charge is 2.10. The molecule has 0 atom stereocenters. The van der Waals surface area contributed by atoms with Crippen molar-refractivity contribution in [1.29, 1.82) is 0 Å². The largest absolute Gasteiger partial charge is 0.493 e. The number of aryl methyl sites for hydroxylation is 1. The minimum Gasteiger partial charge on any atom is -0.493 e. The Hall–Kier alpha value is -4.74. The van der Waals surface area contributed by atoms with Gasteiger partial charge >= 0.3 is 11.7 Å². The number of aromatic amines is 1. The van der Waals surface area contributed by atoms with E-state index in [1.807, 2.05) is 0 Å². The van der Waals surface area contributed by atoms with E-state index in [9.17, 15) is 14.4 Å². The first-order valence-corrected chi connectivity index (χ1v) is 10.5. The molecule has 12 nitrogen and oxygen atoms in total. The van der Waals surface area contributed by atoms with Gasteiger partial charge in [-0.25, -0.2) is 14.7 Å². The molecule has 0 aliphatic rings. The Kier molecular flexibility index (Phi) is 8.48. The highest BCUT2D eigenvalue weighted by molar-refractivity contribution is 5.93. The van der Waals surface area contributed by atoms with E-state index in [1.54, 1.807) is 56.3 Å². The monoisotopic (exact) mass is 480 g/mol. The van der Waals surface area contributed by atoms with Crippen molar-refractivity contribution in [2.24, 2.45) is 5.10 Å². The van der Waals surface area contributed by atoms with E-state index in [-0.39, 0.29) is 24.9 Å². The second-order valence-corrected chi connectivity index (χ2v) is 6.99. The lowest BCUT2D eigenvalue weighted by molar-refractivity contribution is -0.118. The normalized spacial score (nSPS) is 10.6. The van der Waals surface area contributed by atoms with Crippen LogP contribution in [-0.2, 0) is 9.53 Å². The number of nitrogens with zero attached hydrogens (tertiary/aromatic N) is 3. The van der Waals surface area contributed by atoms with Crippen molar-refractivity contribution in [2.75, 3.05) is 31.1 Å². The third kappa shape index (κ3) is 7.12. The van der Waals surface area contributed by atoms with Crippen molar-refractivity contribution < 1.29 is 23.8 Å². The summed E-state index contributed by atoms with van der Waals surface area (Å²) < 4.78 is 15.9. The summed E-state index contributed by atoms with van der Waals surface area (Å²) in [6.45, 7) is 3.43. The predicted molar refractivity (Wildman–Crippen MR) is 128 cm³/mol. The van der Waals surface area contributed by atoms with Crippen LogP contribution in [0, 0.1) is 6.92 Å². The summed E-state index contributed by atoms with van der Waals surface area (Å²) in [4.78, 5) is 39.0. The number of carbonyl (C=O) groups is 2. The zero-order valence-corrected chi connectivity index (χ0v) is 19.3. The Balaban J connectivity index is 1.56. The molecule has 182 valence electrons. The Labute approximate surface area is 200 Å². The molecule has 0 aliphatic heterocycles. The number of benzene rings is 2. The lowest BCUT2D eigenvalue weighted by atomic mass is 10.2. The molecule has 1 aromatic heterocycles. The van der Waals surface area contributed by atoms with E-state index >= 15 is 0 Å². The molecule has 0 saturated heterocycles. The number of methoxy groups -OCH3 is 1. The zero-order valence-electron chi connectivity index (χ0n) is 19.3. The number of H-pyrrole nitrogens is 1. The van der Waals surface area contributed by atoms with Gasteiger partial charge in [0.15, 0.2) is 23.9 Å². The third-order valence-corrected chi connectivity index (χ3v) is 4.49. The van der Waals surface area contributed by atoms with Crippen LogP contribution in [0.15, 0.2) is 52.4 Å². The molecular weight excluding hydrogens is 456 g/mol. The number of hydrogen-bond donors (Lipinski definition) is 3. The molecule has 35 heavy (non-hydrogen) atoms. The maximum atomic E-state index is 12.3. The number of nitrogens with one attached hydrogen (secondary N) is 3. The standard InChI is InChI=1S/C23H24N6O6/c1-4-34-22(31)16-6-8-17(9-7-16)25-20(30)13-35-18-10-5-15(11-19(18)33-3)12-24-28-21-14(2)27-29-23(32)26-21/h5-12H,4,13H2,1-3H3,(H,25,30)(H2,26,28,29,32)/b24-12+. The van der Waals surface area contributed by atoms with E-state index in [4.69, 9.17) is 14.2 Å². The van der Waals surface area contributed by atoms with Crippen LogP contribution in [0.2, 0.25) is 0 Å². The smallest absolute Gasteiger partial charge is 0.363 e. The van der Waals surface area contributed by atoms with Crippen LogP contribution in [0.25, 0.3) is 0 Å². The van der Waals surface area contributed by atoms with E-state index < -0.39 is 11.7 Å². The van der Waals surface area contributed by atoms with Gasteiger partial charge in [0.05, 0.1) is 25.5 Å². The SMILES string of the molecule is CCOC(=O)c1ccc(NC(=O)COc2ccc(/C=N/Nc3nc(=O)[nH]nc3C)cc2OC)cc1. The molecule has 1 heterocycles. The molecule has 0 saturated carbocycles. The van der Waals surface area contributed by atoms with Gasteiger partial charge in [0, 0.05) is 5.69 Å². The van der Waals surface area contributed by atoms with Gasteiger partial charge < -0.3 is 19.5 Å². The lowest BCUT2D eigenvalue weighted by Crippen LogP contribution is -2.20. The molecular formula is C23H24N6O6. The van der Waals surface area contributed by atoms with Gasteiger partial charge in [-0.1, -0.05) is 0 Å². The van der Waals surface area contributed by atoms with Crippen LogP contribution in [0.3, 0.4) is 0 Å². The van der Waals surface area contributed by atoms with Crippen molar-refractivity contribution in [3.05, 3.63) is 69.8 Å². The van der Waals surface area contributed by atoms with Crippen molar-refractivity contribution >= 4 is 29.6 Å². The first-order valence-electron chi connectivity index (χ1n) is 10.5. The second kappa shape index (κ2) is 11.9. The Morgan fingerprint density at radius 3 is 2.63 bits per heavy atom. The molecule has 0 radical (unpaired) electrons. The highest BCUT2D eigenvalue weighted by atomic mass is 16.5. The van der Waals surface area contributed by atoms with E-state index in [2.05, 4.69) is 31.0 Å². The molecule has 12 heteroatoms. The summed E-state index contributed by atoms with van der Waals surface area (Å²) in [6, 6.07) is 11.4. The number of hydrogen-bond acceptors (Lipinski definition) is 10. The Morgan fingerprint density at radius 1 is 1.14 bits per heavy atom. The molecule has 0 aliphatic carbocycles. The second-order valence-electron chi connectivity index (χ2n) is 6.99. The molecule has 2 aromatic carbocycles. The molecule has 1 amide bonds. The summed E-state index contributed by atoms with van der Waals surface area (Å²) in [5.74, 6) is 0.178. The predicted octanol–water partition coefficient (Wildman–Crippen LogP) is 2.12. The van der Waals surface area contributed by atoms with Gasteiger partial charge in [-0.15, -0.1) is 0 Å². The third-order valence-electron chi connectivity index (χ3n) is 4.49. The highest BCUT2D eigenvalue weighted by Crippen LogP contribution is 2.27. The van der Waals surface area contributed by atoms with Gasteiger partial charge in [0.1, 0.15) is 5.69 Å². The number of rotatable bonds is 10. The van der Waals surface area contributed by atoms with Crippen molar-refractivity contribution in [1.82, 2.24) is 15.2 Å². The summed E-state index contributed by atoms with van der Waals surface area (Å²) >= 11 is 0. The number of anilines is 2. The van der Waals surface area contributed by atoms with Gasteiger partial charge in [0.2, 0.25) is 0 Å². The van der Waals surface area contributed by atoms with Crippen LogP contribution in [0.4, 0.5) is 11.5 Å². The number of esters is 1. The molecule has 0 bridgehead atoms. The van der Waals surface area contributed by atoms with E-state index in [1.165, 1.54) is 13.3 Å². The minimum atomic E-state index is -0.589. The van der Waals surface area contributed by atoms with Gasteiger partial charge in [-0.05, 0) is 61.9 Å².